The Morgan fingerprint density at radius 3 is 2.76 bits per heavy atom. The highest BCUT2D eigenvalue weighted by Gasteiger charge is 2.26. The summed E-state index contributed by atoms with van der Waals surface area (Å²) >= 11 is 0. The second kappa shape index (κ2) is 6.34. The number of benzene rings is 1. The molecule has 2 rings (SSSR count). The predicted molar refractivity (Wildman–Crippen MR) is 70.8 cm³/mol. The van der Waals surface area contributed by atoms with E-state index in [1.54, 1.807) is 6.07 Å². The topological polar surface area (TPSA) is 29.3 Å². The van der Waals surface area contributed by atoms with Crippen molar-refractivity contribution >= 4 is 12.4 Å². The van der Waals surface area contributed by atoms with Gasteiger partial charge in [-0.1, -0.05) is 18.2 Å². The number of halogens is 2. The third kappa shape index (κ3) is 3.18. The molecule has 2 N–H and O–H groups in total. The van der Waals surface area contributed by atoms with Gasteiger partial charge in [0.15, 0.2) is 0 Å². The summed E-state index contributed by atoms with van der Waals surface area (Å²) < 4.78 is 13.6. The molecule has 0 spiro atoms. The van der Waals surface area contributed by atoms with Gasteiger partial charge in [-0.15, -0.1) is 12.4 Å². The van der Waals surface area contributed by atoms with Gasteiger partial charge in [0.1, 0.15) is 5.82 Å². The van der Waals surface area contributed by atoms with Crippen LogP contribution in [-0.4, -0.2) is 24.5 Å². The molecule has 0 radical (unpaired) electrons. The van der Waals surface area contributed by atoms with Crippen LogP contribution in [0.25, 0.3) is 0 Å². The third-order valence-corrected chi connectivity index (χ3v) is 3.55. The standard InChI is InChI=1S/C13H19FN2.ClH/c1-10(12-4-2-3-5-13(12)14)16-7-6-11(8-15)9-16;/h2-5,10-11H,6-9,15H2,1H3;1H. The van der Waals surface area contributed by atoms with E-state index in [1.807, 2.05) is 12.1 Å². The molecule has 1 aliphatic heterocycles. The molecule has 1 aromatic rings. The van der Waals surface area contributed by atoms with Crippen LogP contribution < -0.4 is 5.73 Å². The van der Waals surface area contributed by atoms with Gasteiger partial charge in [-0.2, -0.15) is 0 Å². The van der Waals surface area contributed by atoms with Gasteiger partial charge >= 0.3 is 0 Å². The van der Waals surface area contributed by atoms with Crippen molar-refractivity contribution in [3.63, 3.8) is 0 Å². The molecule has 2 nitrogen and oxygen atoms in total. The van der Waals surface area contributed by atoms with Gasteiger partial charge in [-0.25, -0.2) is 4.39 Å². The fraction of sp³-hybridized carbons (Fsp3) is 0.538. The highest BCUT2D eigenvalue weighted by molar-refractivity contribution is 5.85. The molecule has 1 aromatic carbocycles. The Balaban J connectivity index is 0.00000144. The van der Waals surface area contributed by atoms with E-state index in [2.05, 4.69) is 11.8 Å². The summed E-state index contributed by atoms with van der Waals surface area (Å²) in [5, 5.41) is 0. The maximum Gasteiger partial charge on any atom is 0.127 e. The molecule has 2 atom stereocenters. The molecule has 0 bridgehead atoms. The van der Waals surface area contributed by atoms with Gasteiger partial charge in [0, 0.05) is 18.2 Å². The van der Waals surface area contributed by atoms with Crippen molar-refractivity contribution < 1.29 is 4.39 Å². The number of nitrogens with two attached hydrogens (primary N) is 1. The van der Waals surface area contributed by atoms with Crippen molar-refractivity contribution in [1.29, 1.82) is 0 Å². The monoisotopic (exact) mass is 258 g/mol. The molecular weight excluding hydrogens is 239 g/mol. The Kier molecular flexibility index (Phi) is 5.37. The van der Waals surface area contributed by atoms with Crippen LogP contribution in [0.4, 0.5) is 4.39 Å². The molecule has 1 saturated heterocycles. The highest BCUT2D eigenvalue weighted by Crippen LogP contribution is 2.28. The first-order chi connectivity index (χ1) is 7.72. The SMILES string of the molecule is CC(c1ccccc1F)N1CCC(CN)C1.Cl. The zero-order chi connectivity index (χ0) is 11.5. The fourth-order valence-corrected chi connectivity index (χ4v) is 2.42. The second-order valence-corrected chi connectivity index (χ2v) is 4.58. The summed E-state index contributed by atoms with van der Waals surface area (Å²) in [7, 11) is 0. The van der Waals surface area contributed by atoms with E-state index >= 15 is 0 Å². The first kappa shape index (κ1) is 14.4. The van der Waals surface area contributed by atoms with E-state index in [1.165, 1.54) is 6.07 Å². The van der Waals surface area contributed by atoms with E-state index < -0.39 is 0 Å². The molecule has 0 aliphatic carbocycles. The first-order valence-corrected chi connectivity index (χ1v) is 5.91. The van der Waals surface area contributed by atoms with Crippen LogP contribution in [0.3, 0.4) is 0 Å². The third-order valence-electron chi connectivity index (χ3n) is 3.55. The summed E-state index contributed by atoms with van der Waals surface area (Å²) in [6, 6.07) is 7.18. The largest absolute Gasteiger partial charge is 0.330 e. The Morgan fingerprint density at radius 2 is 2.18 bits per heavy atom. The number of likely N-dealkylation sites (tertiary alicyclic amines) is 1. The lowest BCUT2D eigenvalue weighted by molar-refractivity contribution is 0.248. The lowest BCUT2D eigenvalue weighted by atomic mass is 10.1. The summed E-state index contributed by atoms with van der Waals surface area (Å²) in [6.45, 7) is 4.82. The van der Waals surface area contributed by atoms with Gasteiger partial charge in [0.25, 0.3) is 0 Å². The van der Waals surface area contributed by atoms with Crippen molar-refractivity contribution in [3.8, 4) is 0 Å². The summed E-state index contributed by atoms with van der Waals surface area (Å²) in [6.07, 6.45) is 1.13. The molecular formula is C13H20ClFN2. The molecule has 0 aromatic heterocycles. The minimum Gasteiger partial charge on any atom is -0.330 e. The predicted octanol–water partition coefficient (Wildman–Crippen LogP) is 2.59. The average Bonchev–Trinajstić information content (AvgIpc) is 2.77. The van der Waals surface area contributed by atoms with Crippen LogP contribution in [0.2, 0.25) is 0 Å². The molecule has 96 valence electrons. The van der Waals surface area contributed by atoms with Gasteiger partial charge in [-0.3, -0.25) is 4.90 Å². The van der Waals surface area contributed by atoms with Gasteiger partial charge in [-0.05, 0) is 38.4 Å². The van der Waals surface area contributed by atoms with Crippen molar-refractivity contribution in [2.75, 3.05) is 19.6 Å². The number of hydrogen-bond acceptors (Lipinski definition) is 2. The van der Waals surface area contributed by atoms with Crippen LogP contribution in [0, 0.1) is 11.7 Å². The van der Waals surface area contributed by atoms with Crippen molar-refractivity contribution in [2.24, 2.45) is 11.7 Å². The van der Waals surface area contributed by atoms with Crippen molar-refractivity contribution in [1.82, 2.24) is 4.90 Å². The van der Waals surface area contributed by atoms with E-state index in [4.69, 9.17) is 5.73 Å². The van der Waals surface area contributed by atoms with E-state index in [0.717, 1.165) is 31.6 Å². The Bertz CT molecular complexity index is 359. The average molecular weight is 259 g/mol. The molecule has 1 aliphatic rings. The first-order valence-electron chi connectivity index (χ1n) is 5.91. The smallest absolute Gasteiger partial charge is 0.127 e. The Morgan fingerprint density at radius 1 is 1.47 bits per heavy atom. The number of hydrogen-bond donors (Lipinski definition) is 1. The normalized spacial score (nSPS) is 22.2. The van der Waals surface area contributed by atoms with E-state index in [-0.39, 0.29) is 24.3 Å². The maximum atomic E-state index is 13.6. The molecule has 2 unspecified atom stereocenters. The Hall–Kier alpha value is -0.640. The maximum absolute atomic E-state index is 13.6. The minimum atomic E-state index is -0.105. The molecule has 17 heavy (non-hydrogen) atoms. The van der Waals surface area contributed by atoms with Crippen LogP contribution in [-0.2, 0) is 0 Å². The van der Waals surface area contributed by atoms with Crippen molar-refractivity contribution in [2.45, 2.75) is 19.4 Å². The molecule has 0 saturated carbocycles. The molecule has 1 heterocycles. The highest BCUT2D eigenvalue weighted by atomic mass is 35.5. The van der Waals surface area contributed by atoms with Crippen LogP contribution in [0.1, 0.15) is 24.9 Å². The van der Waals surface area contributed by atoms with E-state index in [9.17, 15) is 4.39 Å². The summed E-state index contributed by atoms with van der Waals surface area (Å²) in [5.74, 6) is 0.473. The second-order valence-electron chi connectivity index (χ2n) is 4.58. The Labute approximate surface area is 108 Å². The van der Waals surface area contributed by atoms with Gasteiger partial charge in [0.2, 0.25) is 0 Å². The number of nitrogens with zero attached hydrogens (tertiary/aromatic N) is 1. The van der Waals surface area contributed by atoms with Crippen molar-refractivity contribution in [3.05, 3.63) is 35.6 Å². The summed E-state index contributed by atoms with van der Waals surface area (Å²) in [5.41, 5.74) is 6.46. The lowest BCUT2D eigenvalue weighted by Gasteiger charge is -2.25. The molecule has 0 amide bonds. The van der Waals surface area contributed by atoms with Gasteiger partial charge in [0.05, 0.1) is 0 Å². The molecule has 4 heteroatoms. The molecule has 1 fully saturated rings. The van der Waals surface area contributed by atoms with E-state index in [0.29, 0.717) is 5.92 Å². The van der Waals surface area contributed by atoms with Gasteiger partial charge < -0.3 is 5.73 Å². The fourth-order valence-electron chi connectivity index (χ4n) is 2.42. The van der Waals surface area contributed by atoms with Crippen LogP contribution in [0.15, 0.2) is 24.3 Å². The number of rotatable bonds is 3. The van der Waals surface area contributed by atoms with Crippen LogP contribution in [0.5, 0.6) is 0 Å². The van der Waals surface area contributed by atoms with Crippen LogP contribution >= 0.6 is 12.4 Å². The zero-order valence-corrected chi connectivity index (χ0v) is 10.9. The zero-order valence-electron chi connectivity index (χ0n) is 10.1. The quantitative estimate of drug-likeness (QED) is 0.903. The lowest BCUT2D eigenvalue weighted by Crippen LogP contribution is -2.26. The summed E-state index contributed by atoms with van der Waals surface area (Å²) in [4.78, 5) is 2.32. The minimum absolute atomic E-state index is 0.